The molecule has 108 valence electrons. The first-order valence-electron chi connectivity index (χ1n) is 6.42. The fraction of sp³-hybridized carbons (Fsp3) is 0.429. The summed E-state index contributed by atoms with van der Waals surface area (Å²) in [4.78, 5) is 22.7. The number of halogens is 2. The zero-order chi connectivity index (χ0) is 14.8. The van der Waals surface area contributed by atoms with E-state index in [2.05, 4.69) is 5.32 Å². The molecule has 2 N–H and O–H groups in total. The highest BCUT2D eigenvalue weighted by Gasteiger charge is 2.53. The molecule has 0 saturated heterocycles. The lowest BCUT2D eigenvalue weighted by Gasteiger charge is -2.18. The minimum absolute atomic E-state index is 0.0418. The maximum Gasteiger partial charge on any atom is 0.303 e. The van der Waals surface area contributed by atoms with Crippen molar-refractivity contribution in [2.75, 3.05) is 6.54 Å². The summed E-state index contributed by atoms with van der Waals surface area (Å²) in [6, 6.07) is 5.19. The monoisotopic (exact) mass is 315 g/mol. The summed E-state index contributed by atoms with van der Waals surface area (Å²) >= 11 is 12.3. The molecule has 20 heavy (non-hydrogen) atoms. The SMILES string of the molecule is O=C(O)CCCNC(=O)C1(c2c(Cl)cccc2Cl)CC1. The van der Waals surface area contributed by atoms with Crippen molar-refractivity contribution in [3.8, 4) is 0 Å². The molecule has 1 aliphatic carbocycles. The molecule has 1 saturated carbocycles. The van der Waals surface area contributed by atoms with E-state index in [1.54, 1.807) is 18.2 Å². The molecule has 2 rings (SSSR count). The molecule has 1 aromatic rings. The first kappa shape index (κ1) is 15.1. The second-order valence-electron chi connectivity index (χ2n) is 4.93. The third-order valence-corrected chi connectivity index (χ3v) is 4.11. The number of carbonyl (C=O) groups excluding carboxylic acids is 1. The van der Waals surface area contributed by atoms with Crippen molar-refractivity contribution in [1.82, 2.24) is 5.32 Å². The number of rotatable bonds is 6. The second kappa shape index (κ2) is 6.02. The van der Waals surface area contributed by atoms with Crippen LogP contribution in [0.2, 0.25) is 10.0 Å². The van der Waals surface area contributed by atoms with E-state index in [0.717, 1.165) is 0 Å². The molecular formula is C14H15Cl2NO3. The summed E-state index contributed by atoms with van der Waals surface area (Å²) in [6.07, 6.45) is 1.87. The number of hydrogen-bond acceptors (Lipinski definition) is 2. The van der Waals surface area contributed by atoms with Crippen LogP contribution < -0.4 is 5.32 Å². The highest BCUT2D eigenvalue weighted by atomic mass is 35.5. The van der Waals surface area contributed by atoms with Crippen molar-refractivity contribution in [3.63, 3.8) is 0 Å². The van der Waals surface area contributed by atoms with Crippen LogP contribution in [0.5, 0.6) is 0 Å². The van der Waals surface area contributed by atoms with E-state index in [4.69, 9.17) is 28.3 Å². The fourth-order valence-electron chi connectivity index (χ4n) is 2.28. The molecule has 1 fully saturated rings. The second-order valence-corrected chi connectivity index (χ2v) is 5.75. The van der Waals surface area contributed by atoms with Gasteiger partial charge in [0.25, 0.3) is 0 Å². The third-order valence-electron chi connectivity index (χ3n) is 3.48. The van der Waals surface area contributed by atoms with Gasteiger partial charge >= 0.3 is 5.97 Å². The van der Waals surface area contributed by atoms with Crippen LogP contribution in [0, 0.1) is 0 Å². The zero-order valence-electron chi connectivity index (χ0n) is 10.8. The summed E-state index contributed by atoms with van der Waals surface area (Å²) in [6.45, 7) is 0.342. The fourth-order valence-corrected chi connectivity index (χ4v) is 3.04. The third kappa shape index (κ3) is 3.07. The number of carbonyl (C=O) groups is 2. The van der Waals surface area contributed by atoms with Gasteiger partial charge in [-0.2, -0.15) is 0 Å². The number of carboxylic acid groups (broad SMARTS) is 1. The van der Waals surface area contributed by atoms with Crippen LogP contribution in [-0.2, 0) is 15.0 Å². The predicted octanol–water partition coefficient (Wildman–Crippen LogP) is 3.01. The Kier molecular flexibility index (Phi) is 4.55. The highest BCUT2D eigenvalue weighted by Crippen LogP contribution is 2.53. The van der Waals surface area contributed by atoms with Crippen LogP contribution >= 0.6 is 23.2 Å². The van der Waals surface area contributed by atoms with Crippen molar-refractivity contribution in [2.24, 2.45) is 0 Å². The standard InChI is InChI=1S/C14H15Cl2NO3/c15-9-3-1-4-10(16)12(9)14(6-7-14)13(20)17-8-2-5-11(18)19/h1,3-4H,2,5-8H2,(H,17,20)(H,18,19). The minimum atomic E-state index is -0.866. The normalized spacial score (nSPS) is 15.7. The Morgan fingerprint density at radius 2 is 1.85 bits per heavy atom. The van der Waals surface area contributed by atoms with Gasteiger partial charge in [-0.05, 0) is 31.4 Å². The lowest BCUT2D eigenvalue weighted by atomic mass is 9.94. The molecular weight excluding hydrogens is 301 g/mol. The van der Waals surface area contributed by atoms with Gasteiger partial charge in [-0.1, -0.05) is 29.3 Å². The van der Waals surface area contributed by atoms with Gasteiger partial charge in [-0.25, -0.2) is 0 Å². The van der Waals surface area contributed by atoms with Gasteiger partial charge in [0.05, 0.1) is 5.41 Å². The first-order chi connectivity index (χ1) is 9.47. The molecule has 1 aliphatic rings. The Bertz CT molecular complexity index is 521. The molecule has 6 heteroatoms. The molecule has 1 aromatic carbocycles. The predicted molar refractivity (Wildman–Crippen MR) is 77.3 cm³/mol. The maximum absolute atomic E-state index is 12.3. The minimum Gasteiger partial charge on any atom is -0.481 e. The summed E-state index contributed by atoms with van der Waals surface area (Å²) in [5.74, 6) is -0.993. The van der Waals surface area contributed by atoms with E-state index >= 15 is 0 Å². The quantitative estimate of drug-likeness (QED) is 0.793. The molecule has 0 aromatic heterocycles. The molecule has 0 spiro atoms. The Morgan fingerprint density at radius 1 is 1.25 bits per heavy atom. The lowest BCUT2D eigenvalue weighted by molar-refractivity contribution is -0.137. The van der Waals surface area contributed by atoms with Gasteiger partial charge < -0.3 is 10.4 Å². The Balaban J connectivity index is 2.04. The van der Waals surface area contributed by atoms with E-state index in [-0.39, 0.29) is 12.3 Å². The van der Waals surface area contributed by atoms with E-state index < -0.39 is 11.4 Å². The van der Waals surface area contributed by atoms with Crippen molar-refractivity contribution < 1.29 is 14.7 Å². The molecule has 1 amide bonds. The molecule has 4 nitrogen and oxygen atoms in total. The van der Waals surface area contributed by atoms with Crippen LogP contribution in [-0.4, -0.2) is 23.5 Å². The lowest BCUT2D eigenvalue weighted by Crippen LogP contribution is -2.35. The summed E-state index contributed by atoms with van der Waals surface area (Å²) in [5.41, 5.74) is 0.0395. The van der Waals surface area contributed by atoms with E-state index in [0.29, 0.717) is 41.4 Å². The van der Waals surface area contributed by atoms with E-state index in [1.165, 1.54) is 0 Å². The van der Waals surface area contributed by atoms with E-state index in [9.17, 15) is 9.59 Å². The number of amides is 1. The molecule has 0 unspecified atom stereocenters. The molecule has 0 bridgehead atoms. The van der Waals surface area contributed by atoms with Crippen molar-refractivity contribution in [3.05, 3.63) is 33.8 Å². The summed E-state index contributed by atoms with van der Waals surface area (Å²) in [5, 5.41) is 12.3. The Hall–Kier alpha value is -1.26. The molecule has 0 aliphatic heterocycles. The van der Waals surface area contributed by atoms with Gasteiger partial charge in [0.1, 0.15) is 0 Å². The van der Waals surface area contributed by atoms with Crippen LogP contribution in [0.1, 0.15) is 31.2 Å². The van der Waals surface area contributed by atoms with E-state index in [1.807, 2.05) is 0 Å². The van der Waals surface area contributed by atoms with Crippen molar-refractivity contribution in [2.45, 2.75) is 31.1 Å². The summed E-state index contributed by atoms with van der Waals surface area (Å²) < 4.78 is 0. The average molecular weight is 316 g/mol. The number of nitrogens with one attached hydrogen (secondary N) is 1. The molecule has 0 atom stereocenters. The Labute approximate surface area is 127 Å². The van der Waals surface area contributed by atoms with Crippen LogP contribution in [0.25, 0.3) is 0 Å². The molecule has 0 heterocycles. The topological polar surface area (TPSA) is 66.4 Å². The first-order valence-corrected chi connectivity index (χ1v) is 7.17. The van der Waals surface area contributed by atoms with Gasteiger partial charge in [-0.15, -0.1) is 0 Å². The highest BCUT2D eigenvalue weighted by molar-refractivity contribution is 6.36. The van der Waals surface area contributed by atoms with Crippen molar-refractivity contribution in [1.29, 1.82) is 0 Å². The van der Waals surface area contributed by atoms with Crippen LogP contribution in [0.3, 0.4) is 0 Å². The van der Waals surface area contributed by atoms with Crippen molar-refractivity contribution >= 4 is 35.1 Å². The largest absolute Gasteiger partial charge is 0.481 e. The average Bonchev–Trinajstić information content (AvgIpc) is 3.15. The number of carboxylic acids is 1. The van der Waals surface area contributed by atoms with Gasteiger partial charge in [0.15, 0.2) is 0 Å². The van der Waals surface area contributed by atoms with Crippen LogP contribution in [0.4, 0.5) is 0 Å². The number of benzene rings is 1. The Morgan fingerprint density at radius 3 is 2.35 bits per heavy atom. The zero-order valence-corrected chi connectivity index (χ0v) is 12.3. The van der Waals surface area contributed by atoms with Gasteiger partial charge in [0, 0.05) is 28.6 Å². The number of hydrogen-bond donors (Lipinski definition) is 2. The van der Waals surface area contributed by atoms with Gasteiger partial charge in [0.2, 0.25) is 5.91 Å². The number of aliphatic carboxylic acids is 1. The van der Waals surface area contributed by atoms with Gasteiger partial charge in [-0.3, -0.25) is 9.59 Å². The maximum atomic E-state index is 12.3. The molecule has 0 radical (unpaired) electrons. The van der Waals surface area contributed by atoms with Crippen LogP contribution in [0.15, 0.2) is 18.2 Å². The smallest absolute Gasteiger partial charge is 0.303 e. The summed E-state index contributed by atoms with van der Waals surface area (Å²) in [7, 11) is 0.